The zero-order valence-corrected chi connectivity index (χ0v) is 7.09. The molecule has 0 atom stereocenters. The van der Waals surface area contributed by atoms with Crippen LogP contribution in [-0.4, -0.2) is 13.2 Å². The Kier molecular flexibility index (Phi) is 7.01. The maximum Gasteiger partial charge on any atom is 0.379 e. The standard InChI is InChI=1S/C8H11N.CHF3/c9-7-6-8-4-2-1-3-5-8;2-1(3)4/h1-5H,6-7,9H2;1H. The van der Waals surface area contributed by atoms with Gasteiger partial charge in [0.25, 0.3) is 0 Å². The molecule has 1 rings (SSSR count). The molecule has 0 aliphatic heterocycles. The molecule has 0 saturated carbocycles. The Labute approximate surface area is 75.4 Å². The van der Waals surface area contributed by atoms with E-state index in [2.05, 4.69) is 12.1 Å². The van der Waals surface area contributed by atoms with Gasteiger partial charge in [-0.1, -0.05) is 30.3 Å². The van der Waals surface area contributed by atoms with E-state index in [-0.39, 0.29) is 0 Å². The molecule has 0 fully saturated rings. The van der Waals surface area contributed by atoms with Crippen LogP contribution in [0.1, 0.15) is 5.56 Å². The smallest absolute Gasteiger partial charge is 0.330 e. The number of benzene rings is 1. The van der Waals surface area contributed by atoms with Gasteiger partial charge in [-0.15, -0.1) is 0 Å². The molecular formula is C9H12F3N. The summed E-state index contributed by atoms with van der Waals surface area (Å²) in [5.74, 6) is 0. The summed E-state index contributed by atoms with van der Waals surface area (Å²) in [6, 6.07) is 10.3. The molecule has 0 aromatic heterocycles. The Morgan fingerprint density at radius 2 is 1.54 bits per heavy atom. The lowest BCUT2D eigenvalue weighted by molar-refractivity contribution is 0.00819. The molecule has 1 aromatic rings. The Morgan fingerprint density at radius 1 is 1.08 bits per heavy atom. The minimum absolute atomic E-state index is 0.740. The summed E-state index contributed by atoms with van der Waals surface area (Å²) >= 11 is 0. The van der Waals surface area contributed by atoms with E-state index in [0.29, 0.717) is 0 Å². The number of rotatable bonds is 2. The van der Waals surface area contributed by atoms with Gasteiger partial charge in [-0.2, -0.15) is 13.2 Å². The largest absolute Gasteiger partial charge is 0.379 e. The minimum Gasteiger partial charge on any atom is -0.330 e. The highest BCUT2D eigenvalue weighted by Gasteiger charge is 1.86. The summed E-state index contributed by atoms with van der Waals surface area (Å²) in [7, 11) is 0. The number of nitrogens with two attached hydrogens (primary N) is 1. The van der Waals surface area contributed by atoms with Crippen molar-refractivity contribution in [1.82, 2.24) is 0 Å². The van der Waals surface area contributed by atoms with Gasteiger partial charge in [0.05, 0.1) is 0 Å². The second-order valence-electron chi connectivity index (χ2n) is 2.27. The minimum atomic E-state index is -3.67. The van der Waals surface area contributed by atoms with Gasteiger partial charge in [0.15, 0.2) is 0 Å². The highest BCUT2D eigenvalue weighted by Crippen LogP contribution is 1.96. The van der Waals surface area contributed by atoms with Gasteiger partial charge in [-0.05, 0) is 18.5 Å². The fourth-order valence-electron chi connectivity index (χ4n) is 0.811. The summed E-state index contributed by atoms with van der Waals surface area (Å²) in [6.07, 6.45) is 0.987. The maximum atomic E-state index is 9.67. The van der Waals surface area contributed by atoms with Gasteiger partial charge in [-0.3, -0.25) is 0 Å². The fraction of sp³-hybridized carbons (Fsp3) is 0.333. The first-order valence-electron chi connectivity index (χ1n) is 3.83. The van der Waals surface area contributed by atoms with Gasteiger partial charge >= 0.3 is 6.68 Å². The van der Waals surface area contributed by atoms with Crippen molar-refractivity contribution in [1.29, 1.82) is 0 Å². The third-order valence-corrected chi connectivity index (χ3v) is 1.28. The van der Waals surface area contributed by atoms with E-state index < -0.39 is 6.68 Å². The van der Waals surface area contributed by atoms with Gasteiger partial charge in [0.2, 0.25) is 0 Å². The third kappa shape index (κ3) is 8.88. The molecular weight excluding hydrogens is 179 g/mol. The number of halogens is 3. The van der Waals surface area contributed by atoms with Crippen molar-refractivity contribution < 1.29 is 13.2 Å². The van der Waals surface area contributed by atoms with Crippen LogP contribution in [0.4, 0.5) is 13.2 Å². The lowest BCUT2D eigenvalue weighted by Crippen LogP contribution is -2.01. The maximum absolute atomic E-state index is 9.67. The van der Waals surface area contributed by atoms with Crippen molar-refractivity contribution in [3.05, 3.63) is 35.9 Å². The predicted molar refractivity (Wildman–Crippen MR) is 46.3 cm³/mol. The molecule has 0 unspecified atom stereocenters. The quantitative estimate of drug-likeness (QED) is 0.763. The molecule has 4 heteroatoms. The molecule has 0 aliphatic carbocycles. The molecule has 0 bridgehead atoms. The monoisotopic (exact) mass is 191 g/mol. The highest BCUT2D eigenvalue weighted by molar-refractivity contribution is 5.14. The van der Waals surface area contributed by atoms with Crippen LogP contribution in [0.15, 0.2) is 30.3 Å². The van der Waals surface area contributed by atoms with E-state index in [0.717, 1.165) is 13.0 Å². The average molecular weight is 191 g/mol. The fourth-order valence-corrected chi connectivity index (χ4v) is 0.811. The van der Waals surface area contributed by atoms with Gasteiger partial charge in [0, 0.05) is 0 Å². The van der Waals surface area contributed by atoms with Crippen LogP contribution in [0.2, 0.25) is 0 Å². The zero-order valence-electron chi connectivity index (χ0n) is 7.09. The van der Waals surface area contributed by atoms with Crippen molar-refractivity contribution in [2.45, 2.75) is 13.1 Å². The molecule has 2 N–H and O–H groups in total. The molecule has 13 heavy (non-hydrogen) atoms. The molecule has 0 aliphatic rings. The number of alkyl halides is 3. The van der Waals surface area contributed by atoms with Crippen molar-refractivity contribution in [2.24, 2.45) is 5.73 Å². The van der Waals surface area contributed by atoms with Crippen molar-refractivity contribution in [2.75, 3.05) is 6.54 Å². The lowest BCUT2D eigenvalue weighted by atomic mass is 10.2. The van der Waals surface area contributed by atoms with Crippen LogP contribution in [0.3, 0.4) is 0 Å². The van der Waals surface area contributed by atoms with Crippen LogP contribution < -0.4 is 5.73 Å². The first kappa shape index (κ1) is 12.0. The molecule has 0 amide bonds. The first-order valence-corrected chi connectivity index (χ1v) is 3.83. The lowest BCUT2D eigenvalue weighted by Gasteiger charge is -1.93. The van der Waals surface area contributed by atoms with Gasteiger partial charge < -0.3 is 5.73 Å². The Hall–Kier alpha value is -1.03. The summed E-state index contributed by atoms with van der Waals surface area (Å²) in [5, 5.41) is 0. The normalized spacial score (nSPS) is 9.31. The SMILES string of the molecule is FC(F)F.NCCc1ccccc1. The van der Waals surface area contributed by atoms with Crippen LogP contribution in [0.5, 0.6) is 0 Å². The third-order valence-electron chi connectivity index (χ3n) is 1.28. The second-order valence-corrected chi connectivity index (χ2v) is 2.27. The Morgan fingerprint density at radius 3 is 1.92 bits per heavy atom. The van der Waals surface area contributed by atoms with E-state index in [9.17, 15) is 13.2 Å². The zero-order chi connectivity index (χ0) is 10.1. The van der Waals surface area contributed by atoms with Crippen LogP contribution in [-0.2, 0) is 6.42 Å². The van der Waals surface area contributed by atoms with Crippen LogP contribution in [0, 0.1) is 0 Å². The van der Waals surface area contributed by atoms with Gasteiger partial charge in [0.1, 0.15) is 0 Å². The van der Waals surface area contributed by atoms with E-state index in [1.54, 1.807) is 0 Å². The molecule has 0 spiro atoms. The van der Waals surface area contributed by atoms with Crippen LogP contribution >= 0.6 is 0 Å². The number of hydrogen-bond donors (Lipinski definition) is 1. The van der Waals surface area contributed by atoms with Crippen molar-refractivity contribution >= 4 is 0 Å². The second kappa shape index (κ2) is 7.61. The predicted octanol–water partition coefficient (Wildman–Crippen LogP) is 2.37. The first-order chi connectivity index (χ1) is 6.16. The number of hydrogen-bond acceptors (Lipinski definition) is 1. The summed E-state index contributed by atoms with van der Waals surface area (Å²) in [5.41, 5.74) is 6.68. The summed E-state index contributed by atoms with van der Waals surface area (Å²) < 4.78 is 29.0. The molecule has 0 radical (unpaired) electrons. The van der Waals surface area contributed by atoms with E-state index in [1.807, 2.05) is 18.2 Å². The molecule has 74 valence electrons. The molecule has 1 aromatic carbocycles. The molecule has 0 saturated heterocycles. The summed E-state index contributed by atoms with van der Waals surface area (Å²) in [6.45, 7) is -2.93. The van der Waals surface area contributed by atoms with E-state index in [4.69, 9.17) is 5.73 Å². The Bertz CT molecular complexity index is 199. The van der Waals surface area contributed by atoms with Gasteiger partial charge in [-0.25, -0.2) is 0 Å². The Balaban J connectivity index is 0.000000310. The topological polar surface area (TPSA) is 26.0 Å². The van der Waals surface area contributed by atoms with E-state index in [1.165, 1.54) is 5.56 Å². The van der Waals surface area contributed by atoms with Crippen LogP contribution in [0.25, 0.3) is 0 Å². The average Bonchev–Trinajstić information content (AvgIpc) is 2.06. The van der Waals surface area contributed by atoms with Crippen molar-refractivity contribution in [3.8, 4) is 0 Å². The molecule has 0 heterocycles. The summed E-state index contributed by atoms with van der Waals surface area (Å²) in [4.78, 5) is 0. The van der Waals surface area contributed by atoms with Crippen molar-refractivity contribution in [3.63, 3.8) is 0 Å². The highest BCUT2D eigenvalue weighted by atomic mass is 19.4. The molecule has 1 nitrogen and oxygen atoms in total. The van der Waals surface area contributed by atoms with E-state index >= 15 is 0 Å².